The van der Waals surface area contributed by atoms with Crippen LogP contribution in [0.15, 0.2) is 11.6 Å². The van der Waals surface area contributed by atoms with Crippen LogP contribution in [0, 0.1) is 0 Å². The van der Waals surface area contributed by atoms with E-state index in [1.165, 1.54) is 64.2 Å². The minimum absolute atomic E-state index is 0.0569. The molecule has 2 fully saturated rings. The number of fused-ring (bicyclic) bond motifs is 1. The molecule has 0 aliphatic carbocycles. The molecule has 0 radical (unpaired) electrons. The van der Waals surface area contributed by atoms with Crippen molar-refractivity contribution in [3.8, 4) is 0 Å². The van der Waals surface area contributed by atoms with Gasteiger partial charge < -0.3 is 14.6 Å². The lowest BCUT2D eigenvalue weighted by atomic mass is 9.93. The first-order chi connectivity index (χ1) is 12.7. The van der Waals surface area contributed by atoms with E-state index in [1.54, 1.807) is 4.90 Å². The van der Waals surface area contributed by atoms with E-state index in [1.807, 2.05) is 6.08 Å². The molecule has 26 heavy (non-hydrogen) atoms. The number of ether oxygens (including phenoxy) is 2. The minimum Gasteiger partial charge on any atom is -0.447 e. The Morgan fingerprint density at radius 2 is 1.73 bits per heavy atom. The second-order valence-corrected chi connectivity index (χ2v) is 8.01. The summed E-state index contributed by atoms with van der Waals surface area (Å²) in [6, 6.07) is -0.232. The zero-order valence-electron chi connectivity index (χ0n) is 16.2. The Labute approximate surface area is 157 Å². The van der Waals surface area contributed by atoms with Crippen molar-refractivity contribution < 1.29 is 19.4 Å². The summed E-state index contributed by atoms with van der Waals surface area (Å²) in [5, 5.41) is 10.5. The molecule has 0 bridgehead atoms. The molecule has 1 N–H and O–H groups in total. The topological polar surface area (TPSA) is 62.3 Å². The van der Waals surface area contributed by atoms with Crippen LogP contribution in [-0.2, 0) is 9.47 Å². The molecule has 3 heterocycles. The Morgan fingerprint density at radius 1 is 1.08 bits per heavy atom. The SMILES string of the molecule is CCCCCCCCCCCC[C@H]1O[C@H]1C1=CCN2C(=O)OC[C@H]2[C@@H]1O. The standard InChI is InChI=1S/C21H35NO4/c1-2-3-4-5-6-7-8-9-10-11-12-18-20(26-18)16-13-14-22-17(19(16)23)15-25-21(22)24/h13,17-20,23H,2-12,14-15H2,1H3/t17-,18+,19+,20-/m0/s1. The fraction of sp³-hybridized carbons (Fsp3) is 0.857. The third kappa shape index (κ3) is 5.01. The van der Waals surface area contributed by atoms with Crippen molar-refractivity contribution in [1.29, 1.82) is 0 Å². The van der Waals surface area contributed by atoms with Crippen LogP contribution in [0.4, 0.5) is 4.79 Å². The maximum absolute atomic E-state index is 11.6. The van der Waals surface area contributed by atoms with Gasteiger partial charge in [0, 0.05) is 6.54 Å². The Bertz CT molecular complexity index is 492. The minimum atomic E-state index is -0.641. The van der Waals surface area contributed by atoms with Gasteiger partial charge >= 0.3 is 6.09 Å². The summed E-state index contributed by atoms with van der Waals surface area (Å²) in [4.78, 5) is 13.2. The van der Waals surface area contributed by atoms with Crippen LogP contribution >= 0.6 is 0 Å². The Kier molecular flexibility index (Phi) is 7.38. The van der Waals surface area contributed by atoms with Crippen LogP contribution < -0.4 is 0 Å². The predicted octanol–water partition coefficient (Wildman–Crippen LogP) is 4.19. The van der Waals surface area contributed by atoms with Crippen molar-refractivity contribution in [2.75, 3.05) is 13.2 Å². The van der Waals surface area contributed by atoms with Gasteiger partial charge in [0.25, 0.3) is 0 Å². The number of aliphatic hydroxyl groups excluding tert-OH is 1. The van der Waals surface area contributed by atoms with Crippen molar-refractivity contribution >= 4 is 6.09 Å². The molecular weight excluding hydrogens is 330 g/mol. The average Bonchev–Trinajstić information content (AvgIpc) is 3.30. The van der Waals surface area contributed by atoms with Crippen LogP contribution in [0.2, 0.25) is 0 Å². The van der Waals surface area contributed by atoms with Gasteiger partial charge in [0.2, 0.25) is 0 Å². The summed E-state index contributed by atoms with van der Waals surface area (Å²) >= 11 is 0. The molecule has 4 atom stereocenters. The van der Waals surface area contributed by atoms with Crippen LogP contribution in [0.5, 0.6) is 0 Å². The zero-order valence-corrected chi connectivity index (χ0v) is 16.2. The lowest BCUT2D eigenvalue weighted by Crippen LogP contribution is -2.47. The van der Waals surface area contributed by atoms with Crippen LogP contribution in [0.3, 0.4) is 0 Å². The second kappa shape index (κ2) is 9.75. The third-order valence-electron chi connectivity index (χ3n) is 6.00. The molecule has 5 nitrogen and oxygen atoms in total. The van der Waals surface area contributed by atoms with E-state index in [2.05, 4.69) is 6.92 Å². The number of nitrogens with zero attached hydrogens (tertiary/aromatic N) is 1. The van der Waals surface area contributed by atoms with E-state index in [-0.39, 0.29) is 30.9 Å². The van der Waals surface area contributed by atoms with Crippen LogP contribution in [0.25, 0.3) is 0 Å². The zero-order chi connectivity index (χ0) is 18.4. The maximum Gasteiger partial charge on any atom is 0.410 e. The quantitative estimate of drug-likeness (QED) is 0.320. The molecule has 2 saturated heterocycles. The summed E-state index contributed by atoms with van der Waals surface area (Å²) in [6.07, 6.45) is 15.8. The highest BCUT2D eigenvalue weighted by Gasteiger charge is 2.49. The monoisotopic (exact) mass is 365 g/mol. The Balaban J connectivity index is 1.24. The first kappa shape index (κ1) is 19.7. The highest BCUT2D eigenvalue weighted by atomic mass is 16.6. The first-order valence-corrected chi connectivity index (χ1v) is 10.7. The normalized spacial score (nSPS) is 30.2. The number of epoxide rings is 1. The van der Waals surface area contributed by atoms with E-state index in [4.69, 9.17) is 9.47 Å². The van der Waals surface area contributed by atoms with E-state index < -0.39 is 6.10 Å². The number of carbonyl (C=O) groups excluding carboxylic acids is 1. The smallest absolute Gasteiger partial charge is 0.410 e. The number of hydrogen-bond donors (Lipinski definition) is 1. The Morgan fingerprint density at radius 3 is 2.42 bits per heavy atom. The summed E-state index contributed by atoms with van der Waals surface area (Å²) in [5.41, 5.74) is 0.960. The van der Waals surface area contributed by atoms with Crippen molar-refractivity contribution in [2.24, 2.45) is 0 Å². The van der Waals surface area contributed by atoms with Crippen molar-refractivity contribution in [3.05, 3.63) is 11.6 Å². The number of unbranched alkanes of at least 4 members (excludes halogenated alkanes) is 9. The van der Waals surface area contributed by atoms with Gasteiger partial charge in [0.1, 0.15) is 18.8 Å². The van der Waals surface area contributed by atoms with Gasteiger partial charge in [0.15, 0.2) is 0 Å². The maximum atomic E-state index is 11.6. The molecule has 0 saturated carbocycles. The van der Waals surface area contributed by atoms with Crippen LogP contribution in [-0.4, -0.2) is 53.6 Å². The molecule has 3 rings (SSSR count). The predicted molar refractivity (Wildman–Crippen MR) is 101 cm³/mol. The molecule has 0 aromatic heterocycles. The number of carbonyl (C=O) groups is 1. The van der Waals surface area contributed by atoms with E-state index in [0.717, 1.165) is 12.0 Å². The number of amides is 1. The van der Waals surface area contributed by atoms with Gasteiger partial charge in [-0.15, -0.1) is 0 Å². The lowest BCUT2D eigenvalue weighted by molar-refractivity contribution is 0.102. The first-order valence-electron chi connectivity index (χ1n) is 10.7. The van der Waals surface area contributed by atoms with E-state index in [0.29, 0.717) is 6.54 Å². The molecule has 3 aliphatic heterocycles. The largest absolute Gasteiger partial charge is 0.447 e. The van der Waals surface area contributed by atoms with Gasteiger partial charge in [-0.25, -0.2) is 4.79 Å². The average molecular weight is 366 g/mol. The van der Waals surface area contributed by atoms with Crippen LogP contribution in [0.1, 0.15) is 77.6 Å². The van der Waals surface area contributed by atoms with Gasteiger partial charge in [-0.3, -0.25) is 4.90 Å². The molecule has 0 spiro atoms. The van der Waals surface area contributed by atoms with E-state index >= 15 is 0 Å². The van der Waals surface area contributed by atoms with Gasteiger partial charge in [-0.2, -0.15) is 0 Å². The highest BCUT2D eigenvalue weighted by molar-refractivity contribution is 5.71. The lowest BCUT2D eigenvalue weighted by Gasteiger charge is -2.30. The molecule has 5 heteroatoms. The summed E-state index contributed by atoms with van der Waals surface area (Å²) in [7, 11) is 0. The third-order valence-corrected chi connectivity index (χ3v) is 6.00. The molecule has 1 amide bonds. The highest BCUT2D eigenvalue weighted by Crippen LogP contribution is 2.38. The van der Waals surface area contributed by atoms with Crippen molar-refractivity contribution in [1.82, 2.24) is 4.90 Å². The number of rotatable bonds is 12. The van der Waals surface area contributed by atoms with Gasteiger partial charge in [-0.1, -0.05) is 77.2 Å². The molecule has 0 unspecified atom stereocenters. The van der Waals surface area contributed by atoms with Crippen molar-refractivity contribution in [2.45, 2.75) is 102 Å². The van der Waals surface area contributed by atoms with E-state index in [9.17, 15) is 9.90 Å². The Hall–Kier alpha value is -1.07. The fourth-order valence-electron chi connectivity index (χ4n) is 4.26. The van der Waals surface area contributed by atoms with Crippen molar-refractivity contribution in [3.63, 3.8) is 0 Å². The molecule has 0 aromatic rings. The molecule has 3 aliphatic rings. The molecular formula is C21H35NO4. The number of aliphatic hydroxyl groups is 1. The summed E-state index contributed by atoms with van der Waals surface area (Å²) in [6.45, 7) is 3.08. The summed E-state index contributed by atoms with van der Waals surface area (Å²) in [5.74, 6) is 0. The number of hydrogen-bond acceptors (Lipinski definition) is 4. The summed E-state index contributed by atoms with van der Waals surface area (Å²) < 4.78 is 10.8. The van der Waals surface area contributed by atoms with Gasteiger partial charge in [0.05, 0.1) is 12.1 Å². The molecule has 0 aromatic carbocycles. The number of cyclic esters (lactones) is 1. The second-order valence-electron chi connectivity index (χ2n) is 8.01. The fourth-order valence-corrected chi connectivity index (χ4v) is 4.26. The molecule has 148 valence electrons. The van der Waals surface area contributed by atoms with Gasteiger partial charge in [-0.05, 0) is 12.0 Å².